The zero-order valence-electron chi connectivity index (χ0n) is 16.7. The molecule has 8 nitrogen and oxygen atoms in total. The number of hydrogen-bond acceptors (Lipinski definition) is 5. The van der Waals surface area contributed by atoms with Crippen LogP contribution in [-0.2, 0) is 28.4 Å². The Hall–Kier alpha value is -1.91. The van der Waals surface area contributed by atoms with Crippen molar-refractivity contribution in [1.82, 2.24) is 19.2 Å². The molecule has 1 N–H and O–H groups in total. The first-order valence-electron chi connectivity index (χ1n) is 9.32. The summed E-state index contributed by atoms with van der Waals surface area (Å²) in [6.45, 7) is 2.72. The van der Waals surface area contributed by atoms with Crippen LogP contribution in [0.1, 0.15) is 24.2 Å². The molecule has 0 radical (unpaired) electrons. The molecule has 0 spiro atoms. The van der Waals surface area contributed by atoms with Gasteiger partial charge in [-0.15, -0.1) is 0 Å². The minimum atomic E-state index is -3.63. The number of ether oxygens (including phenoxy) is 1. The van der Waals surface area contributed by atoms with Gasteiger partial charge in [0.15, 0.2) is 5.03 Å². The quantitative estimate of drug-likeness (QED) is 0.678. The molecular weight excluding hydrogens is 460 g/mol. The molecule has 0 unspecified atom stereocenters. The molecule has 2 heterocycles. The van der Waals surface area contributed by atoms with E-state index in [0.29, 0.717) is 44.0 Å². The van der Waals surface area contributed by atoms with E-state index < -0.39 is 10.0 Å². The van der Waals surface area contributed by atoms with E-state index in [1.54, 1.807) is 25.6 Å². The van der Waals surface area contributed by atoms with Crippen molar-refractivity contribution in [3.05, 3.63) is 40.3 Å². The lowest BCUT2D eigenvalue weighted by molar-refractivity contribution is -0.126. The van der Waals surface area contributed by atoms with Gasteiger partial charge >= 0.3 is 0 Å². The maximum atomic E-state index is 12.8. The number of piperidine rings is 1. The molecule has 1 aliphatic rings. The number of amides is 1. The molecule has 1 aromatic heterocycles. The monoisotopic (exact) mass is 484 g/mol. The number of carbonyl (C=O) groups excluding carboxylic acids is 1. The highest BCUT2D eigenvalue weighted by Gasteiger charge is 2.33. The minimum absolute atomic E-state index is 0.0575. The van der Waals surface area contributed by atoms with Crippen molar-refractivity contribution in [3.63, 3.8) is 0 Å². The number of nitrogens with zero attached hydrogens (tertiary/aromatic N) is 3. The number of rotatable bonds is 6. The van der Waals surface area contributed by atoms with Gasteiger partial charge in [0.25, 0.3) is 10.0 Å². The van der Waals surface area contributed by atoms with Gasteiger partial charge in [0.2, 0.25) is 5.91 Å². The molecule has 1 aliphatic heterocycles. The van der Waals surface area contributed by atoms with Crippen LogP contribution in [0.4, 0.5) is 0 Å². The standard InChI is InChI=1S/C19H25BrN4O4S/c1-13-22-18(12-23(13)2)29(26,27)24-8-6-14(7-9-24)19(25)21-11-15-10-16(20)4-5-17(15)28-3/h4-5,10,12,14H,6-9,11H2,1-3H3,(H,21,25). The molecule has 1 saturated heterocycles. The van der Waals surface area contributed by atoms with Crippen molar-refractivity contribution in [3.8, 4) is 5.75 Å². The minimum Gasteiger partial charge on any atom is -0.496 e. The Balaban J connectivity index is 1.58. The van der Waals surface area contributed by atoms with Crippen LogP contribution in [0.25, 0.3) is 0 Å². The summed E-state index contributed by atoms with van der Waals surface area (Å²) >= 11 is 3.42. The van der Waals surface area contributed by atoms with E-state index in [9.17, 15) is 13.2 Å². The maximum absolute atomic E-state index is 12.8. The van der Waals surface area contributed by atoms with E-state index in [1.165, 1.54) is 10.5 Å². The Morgan fingerprint density at radius 2 is 2.03 bits per heavy atom. The number of methoxy groups -OCH3 is 1. The van der Waals surface area contributed by atoms with Crippen LogP contribution in [0.5, 0.6) is 5.75 Å². The number of aryl methyl sites for hydroxylation is 2. The van der Waals surface area contributed by atoms with Crippen LogP contribution in [0, 0.1) is 12.8 Å². The smallest absolute Gasteiger partial charge is 0.262 e. The summed E-state index contributed by atoms with van der Waals surface area (Å²) in [6.07, 6.45) is 2.48. The van der Waals surface area contributed by atoms with E-state index in [-0.39, 0.29) is 16.9 Å². The molecule has 1 aromatic carbocycles. The summed E-state index contributed by atoms with van der Waals surface area (Å²) in [7, 11) is -0.281. The Kier molecular flexibility index (Phi) is 6.65. The van der Waals surface area contributed by atoms with Crippen LogP contribution in [-0.4, -0.2) is 48.4 Å². The van der Waals surface area contributed by atoms with Crippen molar-refractivity contribution in [2.45, 2.75) is 31.3 Å². The molecule has 0 saturated carbocycles. The summed E-state index contributed by atoms with van der Waals surface area (Å²) in [6, 6.07) is 5.63. The Morgan fingerprint density at radius 1 is 1.34 bits per heavy atom. The topological polar surface area (TPSA) is 93.5 Å². The summed E-state index contributed by atoms with van der Waals surface area (Å²) in [5.74, 6) is 1.06. The molecule has 158 valence electrons. The molecule has 10 heteroatoms. The average molecular weight is 485 g/mol. The highest BCUT2D eigenvalue weighted by molar-refractivity contribution is 9.10. The van der Waals surface area contributed by atoms with Crippen molar-refractivity contribution in [2.24, 2.45) is 13.0 Å². The van der Waals surface area contributed by atoms with Gasteiger partial charge < -0.3 is 14.6 Å². The second-order valence-corrected chi connectivity index (χ2v) is 9.89. The van der Waals surface area contributed by atoms with Crippen LogP contribution in [0.2, 0.25) is 0 Å². The summed E-state index contributed by atoms with van der Waals surface area (Å²) in [5, 5.41) is 3.00. The highest BCUT2D eigenvalue weighted by atomic mass is 79.9. The number of carbonyl (C=O) groups is 1. The van der Waals surface area contributed by atoms with E-state index in [4.69, 9.17) is 4.74 Å². The van der Waals surface area contributed by atoms with Gasteiger partial charge in [-0.25, -0.2) is 13.4 Å². The van der Waals surface area contributed by atoms with Gasteiger partial charge in [0, 0.05) is 48.8 Å². The van der Waals surface area contributed by atoms with Gasteiger partial charge in [0.05, 0.1) is 7.11 Å². The van der Waals surface area contributed by atoms with Gasteiger partial charge in [-0.1, -0.05) is 15.9 Å². The van der Waals surface area contributed by atoms with E-state index in [1.807, 2.05) is 18.2 Å². The molecule has 0 aliphatic carbocycles. The number of imidazole rings is 1. The first-order chi connectivity index (χ1) is 13.7. The van der Waals surface area contributed by atoms with Gasteiger partial charge in [-0.05, 0) is 38.0 Å². The van der Waals surface area contributed by atoms with Crippen molar-refractivity contribution in [1.29, 1.82) is 0 Å². The third kappa shape index (κ3) is 4.81. The van der Waals surface area contributed by atoms with Crippen LogP contribution in [0.3, 0.4) is 0 Å². The second-order valence-electron chi connectivity index (χ2n) is 7.09. The normalized spacial score (nSPS) is 16.0. The molecule has 1 fully saturated rings. The molecule has 2 aromatic rings. The lowest BCUT2D eigenvalue weighted by Crippen LogP contribution is -2.43. The molecule has 1 amide bonds. The summed E-state index contributed by atoms with van der Waals surface area (Å²) in [5.41, 5.74) is 0.876. The van der Waals surface area contributed by atoms with Crippen molar-refractivity contribution in [2.75, 3.05) is 20.2 Å². The largest absolute Gasteiger partial charge is 0.496 e. The highest BCUT2D eigenvalue weighted by Crippen LogP contribution is 2.25. The molecule has 29 heavy (non-hydrogen) atoms. The molecule has 0 bridgehead atoms. The average Bonchev–Trinajstić information content (AvgIpc) is 3.05. The predicted octanol–water partition coefficient (Wildman–Crippen LogP) is 2.22. The number of halogens is 1. The lowest BCUT2D eigenvalue weighted by Gasteiger charge is -2.30. The number of benzene rings is 1. The Bertz CT molecular complexity index is 978. The Labute approximate surface area is 179 Å². The number of aromatic nitrogens is 2. The second kappa shape index (κ2) is 8.85. The van der Waals surface area contributed by atoms with Gasteiger partial charge in [-0.3, -0.25) is 4.79 Å². The van der Waals surface area contributed by atoms with Crippen LogP contribution >= 0.6 is 15.9 Å². The number of sulfonamides is 1. The maximum Gasteiger partial charge on any atom is 0.262 e. The molecule has 0 atom stereocenters. The first-order valence-corrected chi connectivity index (χ1v) is 11.6. The summed E-state index contributed by atoms with van der Waals surface area (Å²) < 4.78 is 34.9. The van der Waals surface area contributed by atoms with E-state index >= 15 is 0 Å². The van der Waals surface area contributed by atoms with E-state index in [2.05, 4.69) is 26.2 Å². The van der Waals surface area contributed by atoms with Crippen molar-refractivity contribution >= 4 is 31.9 Å². The van der Waals surface area contributed by atoms with Crippen LogP contribution in [0.15, 0.2) is 33.9 Å². The first kappa shape index (κ1) is 21.8. The zero-order chi connectivity index (χ0) is 21.2. The summed E-state index contributed by atoms with van der Waals surface area (Å²) in [4.78, 5) is 16.7. The molecule has 3 rings (SSSR count). The predicted molar refractivity (Wildman–Crippen MR) is 112 cm³/mol. The third-order valence-corrected chi connectivity index (χ3v) is 7.47. The fourth-order valence-corrected chi connectivity index (χ4v) is 5.26. The Morgan fingerprint density at radius 3 is 2.62 bits per heavy atom. The fourth-order valence-electron chi connectivity index (χ4n) is 3.35. The zero-order valence-corrected chi connectivity index (χ0v) is 19.1. The third-order valence-electron chi connectivity index (χ3n) is 5.21. The van der Waals surface area contributed by atoms with Gasteiger partial charge in [0.1, 0.15) is 11.6 Å². The molecular formula is C19H25BrN4O4S. The van der Waals surface area contributed by atoms with Crippen LogP contribution < -0.4 is 10.1 Å². The number of nitrogens with one attached hydrogen (secondary N) is 1. The fraction of sp³-hybridized carbons (Fsp3) is 0.474. The number of hydrogen-bond donors (Lipinski definition) is 1. The van der Waals surface area contributed by atoms with Gasteiger partial charge in [-0.2, -0.15) is 4.31 Å². The lowest BCUT2D eigenvalue weighted by atomic mass is 9.97. The van der Waals surface area contributed by atoms with Crippen molar-refractivity contribution < 1.29 is 17.9 Å². The SMILES string of the molecule is COc1ccc(Br)cc1CNC(=O)C1CCN(S(=O)(=O)c2cn(C)c(C)n2)CC1. The van der Waals surface area contributed by atoms with E-state index in [0.717, 1.165) is 10.0 Å².